The van der Waals surface area contributed by atoms with E-state index in [2.05, 4.69) is 25.4 Å². The van der Waals surface area contributed by atoms with Crippen LogP contribution in [-0.2, 0) is 0 Å². The number of rotatable bonds is 5. The number of halogens is 4. The van der Waals surface area contributed by atoms with Gasteiger partial charge >= 0.3 is 7.32 Å². The summed E-state index contributed by atoms with van der Waals surface area (Å²) in [7, 11) is -3.28. The van der Waals surface area contributed by atoms with Crippen molar-refractivity contribution < 1.29 is 32.3 Å². The van der Waals surface area contributed by atoms with Gasteiger partial charge in [-0.15, -0.1) is 0 Å². The minimum atomic E-state index is -2.52. The maximum absolute atomic E-state index is 12.7. The number of hydrogen-bond acceptors (Lipinski definition) is 3. The fourth-order valence-electron chi connectivity index (χ4n) is 3.96. The van der Waals surface area contributed by atoms with Crippen LogP contribution in [-0.4, -0.2) is 25.4 Å². The van der Waals surface area contributed by atoms with E-state index in [0.29, 0.717) is 0 Å². The summed E-state index contributed by atoms with van der Waals surface area (Å²) in [6.07, 6.45) is 6.09. The Labute approximate surface area is 153 Å². The van der Waals surface area contributed by atoms with Gasteiger partial charge in [0.15, 0.2) is 23.2 Å². The molecule has 1 fully saturated rings. The average molecular weight is 394 g/mol. The molecule has 0 aliphatic carbocycles. The Morgan fingerprint density at radius 2 is 1.65 bits per heavy atom. The first kappa shape index (κ1) is 23.0. The van der Waals surface area contributed by atoms with Gasteiger partial charge in [-0.05, 0) is 5.54 Å². The first-order valence-electron chi connectivity index (χ1n) is 9.08. The van der Waals surface area contributed by atoms with Gasteiger partial charge in [0.1, 0.15) is 0 Å². The van der Waals surface area contributed by atoms with Crippen LogP contribution in [0.3, 0.4) is 0 Å². The molecule has 26 heavy (non-hydrogen) atoms. The second kappa shape index (κ2) is 10.3. The molecule has 0 bridgehead atoms. The number of hydrogen-bond donors (Lipinski definition) is 2. The molecule has 148 valence electrons. The van der Waals surface area contributed by atoms with Crippen LogP contribution in [0.25, 0.3) is 0 Å². The molecular weight excluding hydrogens is 367 g/mol. The average Bonchev–Trinajstić information content (AvgIpc) is 2.63. The Kier molecular flexibility index (Phi) is 9.12. The highest BCUT2D eigenvalue weighted by molar-refractivity contribution is 6.81. The Hall–Kier alpha value is -1.06. The highest BCUT2D eigenvalue weighted by atomic mass is 28.3. The van der Waals surface area contributed by atoms with Gasteiger partial charge in [-0.25, -0.2) is 13.2 Å². The fraction of sp³-hybridized carbons (Fsp3) is 0.647. The van der Waals surface area contributed by atoms with Crippen LogP contribution in [0.5, 0.6) is 5.75 Å². The first-order valence-corrected chi connectivity index (χ1v) is 11.8. The molecule has 2 N–H and O–H groups in total. The Bertz CT molecular complexity index is 586. The third-order valence-electron chi connectivity index (χ3n) is 5.54. The minimum absolute atomic E-state index is 0.0239. The number of benzene rings is 1. The largest absolute Gasteiger partial charge is 0.707 e. The van der Waals surface area contributed by atoms with E-state index >= 15 is 0 Å². The molecule has 1 aliphatic rings. The summed E-state index contributed by atoms with van der Waals surface area (Å²) in [6.45, 7) is 7.30. The summed E-state index contributed by atoms with van der Waals surface area (Å²) < 4.78 is 53.9. The smallest absolute Gasteiger partial charge is 0.507 e. The first-order chi connectivity index (χ1) is 12.2. The van der Waals surface area contributed by atoms with Crippen LogP contribution in [0, 0.1) is 23.3 Å². The van der Waals surface area contributed by atoms with Crippen molar-refractivity contribution in [1.82, 2.24) is 0 Å². The van der Waals surface area contributed by atoms with E-state index < -0.39 is 44.4 Å². The molecule has 0 spiro atoms. The molecule has 1 atom stereocenters. The van der Waals surface area contributed by atoms with Crippen molar-refractivity contribution in [3.8, 4) is 5.75 Å². The van der Waals surface area contributed by atoms with Crippen molar-refractivity contribution in [2.45, 2.75) is 70.1 Å². The van der Waals surface area contributed by atoms with Crippen LogP contribution >= 0.6 is 0 Å². The molecule has 0 saturated carbocycles. The molecule has 9 heteroatoms. The zero-order valence-corrected chi connectivity index (χ0v) is 16.5. The zero-order chi connectivity index (χ0) is 19.9. The van der Waals surface area contributed by atoms with Crippen molar-refractivity contribution in [2.24, 2.45) is 0 Å². The molecule has 0 radical (unpaired) electrons. The molecule has 0 aromatic heterocycles. The van der Waals surface area contributed by atoms with Gasteiger partial charge in [0, 0.05) is 6.07 Å². The topological polar surface area (TPSA) is 49.7 Å². The van der Waals surface area contributed by atoms with Gasteiger partial charge in [-0.2, -0.15) is 4.39 Å². The lowest BCUT2D eigenvalue weighted by Gasteiger charge is -2.41. The van der Waals surface area contributed by atoms with Crippen molar-refractivity contribution >= 4 is 15.4 Å². The third-order valence-corrected chi connectivity index (χ3v) is 12.1. The standard InChI is InChI=1S/C11H24Si.C6H3BF4O3/c1-4-11-9-7-8-10-12(11,5-2)6-3;8-2-1-3(9)6(14-7(12)13)5(11)4(2)10/h11H,4-10H2,1-3H3;1,12-13H. The normalized spacial score (nSPS) is 18.7. The van der Waals surface area contributed by atoms with Crippen molar-refractivity contribution in [1.29, 1.82) is 0 Å². The van der Waals surface area contributed by atoms with Gasteiger partial charge in [0.05, 0.1) is 8.07 Å². The molecule has 1 aromatic rings. The molecular formula is C17H27BF4O3Si. The van der Waals surface area contributed by atoms with E-state index in [-0.39, 0.29) is 6.07 Å². The van der Waals surface area contributed by atoms with E-state index in [4.69, 9.17) is 10.0 Å². The maximum Gasteiger partial charge on any atom is 0.707 e. The quantitative estimate of drug-likeness (QED) is 0.319. The molecule has 1 aliphatic heterocycles. The molecule has 1 heterocycles. The van der Waals surface area contributed by atoms with Gasteiger partial charge in [-0.1, -0.05) is 64.6 Å². The van der Waals surface area contributed by atoms with Crippen molar-refractivity contribution in [3.05, 3.63) is 29.3 Å². The van der Waals surface area contributed by atoms with E-state index in [9.17, 15) is 17.6 Å². The summed E-state index contributed by atoms with van der Waals surface area (Å²) in [5.74, 6) is -8.62. The van der Waals surface area contributed by atoms with Crippen LogP contribution < -0.4 is 4.65 Å². The predicted molar refractivity (Wildman–Crippen MR) is 96.5 cm³/mol. The van der Waals surface area contributed by atoms with Gasteiger partial charge in [-0.3, -0.25) is 0 Å². The van der Waals surface area contributed by atoms with Crippen molar-refractivity contribution in [3.63, 3.8) is 0 Å². The van der Waals surface area contributed by atoms with E-state index in [1.54, 1.807) is 31.0 Å². The Balaban J connectivity index is 0.000000263. The third kappa shape index (κ3) is 5.47. The molecule has 2 rings (SSSR count). The second-order valence-corrected chi connectivity index (χ2v) is 12.1. The van der Waals surface area contributed by atoms with Gasteiger partial charge in [0.25, 0.3) is 0 Å². The Morgan fingerprint density at radius 3 is 2.12 bits per heavy atom. The summed E-state index contributed by atoms with van der Waals surface area (Å²) in [5, 5.41) is 16.4. The van der Waals surface area contributed by atoms with Crippen LogP contribution in [0.4, 0.5) is 17.6 Å². The van der Waals surface area contributed by atoms with E-state index in [1.807, 2.05) is 0 Å². The van der Waals surface area contributed by atoms with Gasteiger partial charge < -0.3 is 14.7 Å². The fourth-order valence-corrected chi connectivity index (χ4v) is 9.37. The predicted octanol–water partition coefficient (Wildman–Crippen LogP) is 5.03. The van der Waals surface area contributed by atoms with Crippen LogP contribution in [0.1, 0.15) is 46.5 Å². The molecule has 0 amide bonds. The monoisotopic (exact) mass is 394 g/mol. The lowest BCUT2D eigenvalue weighted by atomic mass is 10.1. The lowest BCUT2D eigenvalue weighted by molar-refractivity contribution is 0.269. The molecule has 1 unspecified atom stereocenters. The molecule has 1 saturated heterocycles. The molecule has 3 nitrogen and oxygen atoms in total. The van der Waals surface area contributed by atoms with Gasteiger partial charge in [0.2, 0.25) is 5.82 Å². The summed E-state index contributed by atoms with van der Waals surface area (Å²) in [6, 6.07) is 4.75. The summed E-state index contributed by atoms with van der Waals surface area (Å²) in [5.41, 5.74) is 1.17. The highest BCUT2D eigenvalue weighted by Crippen LogP contribution is 2.44. The zero-order valence-electron chi connectivity index (χ0n) is 15.5. The van der Waals surface area contributed by atoms with E-state index in [1.165, 1.54) is 18.4 Å². The minimum Gasteiger partial charge on any atom is -0.507 e. The van der Waals surface area contributed by atoms with Crippen LogP contribution in [0.2, 0.25) is 23.7 Å². The van der Waals surface area contributed by atoms with Crippen molar-refractivity contribution in [2.75, 3.05) is 0 Å². The summed E-state index contributed by atoms with van der Waals surface area (Å²) in [4.78, 5) is 0. The lowest BCUT2D eigenvalue weighted by Crippen LogP contribution is -2.40. The summed E-state index contributed by atoms with van der Waals surface area (Å²) >= 11 is 0. The van der Waals surface area contributed by atoms with E-state index in [0.717, 1.165) is 0 Å². The highest BCUT2D eigenvalue weighted by Gasteiger charge is 2.38. The van der Waals surface area contributed by atoms with Crippen LogP contribution in [0.15, 0.2) is 6.07 Å². The Morgan fingerprint density at radius 1 is 1.04 bits per heavy atom. The maximum atomic E-state index is 12.7. The SMILES string of the molecule is CCC1CCCC[Si]1(CC)CC.OB(O)Oc1c(F)cc(F)c(F)c1F. The molecule has 1 aromatic carbocycles. The second-order valence-electron chi connectivity index (χ2n) is 6.66.